The van der Waals surface area contributed by atoms with Crippen LogP contribution in [0.15, 0.2) is 36.4 Å². The summed E-state index contributed by atoms with van der Waals surface area (Å²) in [7, 11) is 1.74. The molecule has 2 aliphatic heterocycles. The minimum Gasteiger partial charge on any atom is -0.496 e. The molecule has 0 spiro atoms. The number of halogens is 1. The van der Waals surface area contributed by atoms with Crippen molar-refractivity contribution < 1.29 is 9.47 Å². The summed E-state index contributed by atoms with van der Waals surface area (Å²) >= 11 is 2.36. The molecule has 1 saturated heterocycles. The van der Waals surface area contributed by atoms with Gasteiger partial charge in [0.25, 0.3) is 0 Å². The van der Waals surface area contributed by atoms with Crippen LogP contribution < -0.4 is 10.1 Å². The number of nitrogens with one attached hydrogen (secondary N) is 1. The Kier molecular flexibility index (Phi) is 3.97. The first kappa shape index (κ1) is 15.3. The molecule has 1 fully saturated rings. The van der Waals surface area contributed by atoms with Crippen LogP contribution in [-0.4, -0.2) is 13.7 Å². The molecule has 2 aromatic rings. The van der Waals surface area contributed by atoms with Gasteiger partial charge in [0.2, 0.25) is 0 Å². The molecule has 0 aliphatic carbocycles. The number of benzene rings is 2. The Morgan fingerprint density at radius 2 is 2.04 bits per heavy atom. The zero-order valence-electron chi connectivity index (χ0n) is 13.3. The minimum absolute atomic E-state index is 0.179. The van der Waals surface area contributed by atoms with Gasteiger partial charge >= 0.3 is 0 Å². The Morgan fingerprint density at radius 3 is 2.87 bits per heavy atom. The number of anilines is 1. The highest BCUT2D eigenvalue weighted by atomic mass is 127. The lowest BCUT2D eigenvalue weighted by Crippen LogP contribution is -2.29. The standard InChI is InChI=1S/C19H20INO2/c1-11-3-5-16-14(9-11)19-13(7-8-23-19)18(21-16)15-10-12(20)4-6-17(15)22-2/h3-6,9-10,13,18-19,21H,7-8H2,1-2H3/t13-,18-,19-/m0/s1. The van der Waals surface area contributed by atoms with Crippen molar-refractivity contribution in [2.75, 3.05) is 19.0 Å². The van der Waals surface area contributed by atoms with Gasteiger partial charge in [-0.3, -0.25) is 0 Å². The normalized spacial score (nSPS) is 25.4. The average molecular weight is 421 g/mol. The Morgan fingerprint density at radius 1 is 1.17 bits per heavy atom. The smallest absolute Gasteiger partial charge is 0.124 e. The SMILES string of the molecule is COc1ccc(I)cc1[C@H]1Nc2ccc(C)cc2[C@H]2OCC[C@@H]12. The van der Waals surface area contributed by atoms with Crippen molar-refractivity contribution in [2.24, 2.45) is 5.92 Å². The third-order valence-corrected chi connectivity index (χ3v) is 5.59. The van der Waals surface area contributed by atoms with Gasteiger partial charge in [-0.25, -0.2) is 0 Å². The van der Waals surface area contributed by atoms with Gasteiger partial charge in [-0.05, 0) is 60.2 Å². The van der Waals surface area contributed by atoms with E-state index in [0.29, 0.717) is 5.92 Å². The summed E-state index contributed by atoms with van der Waals surface area (Å²) in [5.74, 6) is 1.39. The van der Waals surface area contributed by atoms with Gasteiger partial charge in [0, 0.05) is 32.9 Å². The highest BCUT2D eigenvalue weighted by molar-refractivity contribution is 14.1. The van der Waals surface area contributed by atoms with Crippen LogP contribution in [0.5, 0.6) is 5.75 Å². The fraction of sp³-hybridized carbons (Fsp3) is 0.368. The second-order valence-electron chi connectivity index (χ2n) is 6.34. The molecule has 120 valence electrons. The lowest BCUT2D eigenvalue weighted by Gasteiger charge is -2.37. The van der Waals surface area contributed by atoms with Crippen LogP contribution in [0.4, 0.5) is 5.69 Å². The molecular weight excluding hydrogens is 401 g/mol. The van der Waals surface area contributed by atoms with Crippen molar-refractivity contribution in [1.82, 2.24) is 0 Å². The van der Waals surface area contributed by atoms with Crippen LogP contribution >= 0.6 is 22.6 Å². The third-order valence-electron chi connectivity index (χ3n) is 4.92. The van der Waals surface area contributed by atoms with Crippen molar-refractivity contribution >= 4 is 28.3 Å². The largest absolute Gasteiger partial charge is 0.496 e. The number of fused-ring (bicyclic) bond motifs is 3. The van der Waals surface area contributed by atoms with Crippen LogP contribution in [0.1, 0.15) is 35.3 Å². The van der Waals surface area contributed by atoms with Crippen molar-refractivity contribution in [3.8, 4) is 5.75 Å². The maximum Gasteiger partial charge on any atom is 0.124 e. The molecule has 3 atom stereocenters. The zero-order chi connectivity index (χ0) is 16.0. The predicted molar refractivity (Wildman–Crippen MR) is 100 cm³/mol. The van der Waals surface area contributed by atoms with Crippen LogP contribution in [0.3, 0.4) is 0 Å². The van der Waals surface area contributed by atoms with Crippen LogP contribution in [-0.2, 0) is 4.74 Å². The van der Waals surface area contributed by atoms with Crippen molar-refractivity contribution in [2.45, 2.75) is 25.5 Å². The highest BCUT2D eigenvalue weighted by Crippen LogP contribution is 2.51. The van der Waals surface area contributed by atoms with E-state index < -0.39 is 0 Å². The quantitative estimate of drug-likeness (QED) is 0.704. The van der Waals surface area contributed by atoms with Crippen molar-refractivity contribution in [3.05, 3.63) is 56.7 Å². The zero-order valence-corrected chi connectivity index (χ0v) is 15.5. The van der Waals surface area contributed by atoms with Gasteiger partial charge in [-0.1, -0.05) is 17.7 Å². The van der Waals surface area contributed by atoms with E-state index in [1.54, 1.807) is 7.11 Å². The summed E-state index contributed by atoms with van der Waals surface area (Å²) in [6, 6.07) is 13.2. The number of hydrogen-bond donors (Lipinski definition) is 1. The number of rotatable bonds is 2. The highest BCUT2D eigenvalue weighted by Gasteiger charge is 2.42. The van der Waals surface area contributed by atoms with E-state index >= 15 is 0 Å². The second kappa shape index (κ2) is 5.98. The molecule has 1 N–H and O–H groups in total. The second-order valence-corrected chi connectivity index (χ2v) is 7.59. The average Bonchev–Trinajstić information content (AvgIpc) is 3.04. The summed E-state index contributed by atoms with van der Waals surface area (Å²) in [5, 5.41) is 3.75. The molecule has 2 aliphatic rings. The predicted octanol–water partition coefficient (Wildman–Crippen LogP) is 4.85. The van der Waals surface area contributed by atoms with E-state index in [4.69, 9.17) is 9.47 Å². The molecule has 2 aromatic carbocycles. The summed E-state index contributed by atoms with van der Waals surface area (Å²) in [5.41, 5.74) is 4.99. The van der Waals surface area contributed by atoms with Crippen molar-refractivity contribution in [1.29, 1.82) is 0 Å². The molecule has 0 saturated carbocycles. The minimum atomic E-state index is 0.179. The van der Waals surface area contributed by atoms with Gasteiger partial charge in [-0.15, -0.1) is 0 Å². The lowest BCUT2D eigenvalue weighted by atomic mass is 9.80. The molecule has 0 radical (unpaired) electrons. The molecule has 4 rings (SSSR count). The van der Waals surface area contributed by atoms with E-state index in [1.807, 2.05) is 0 Å². The Hall–Kier alpha value is -1.27. The van der Waals surface area contributed by atoms with Crippen molar-refractivity contribution in [3.63, 3.8) is 0 Å². The maximum absolute atomic E-state index is 6.11. The van der Waals surface area contributed by atoms with E-state index in [0.717, 1.165) is 18.8 Å². The number of aryl methyl sites for hydroxylation is 1. The summed E-state index contributed by atoms with van der Waals surface area (Å²) < 4.78 is 13.0. The topological polar surface area (TPSA) is 30.5 Å². The van der Waals surface area contributed by atoms with Gasteiger partial charge in [0.05, 0.1) is 19.3 Å². The Bertz CT molecular complexity index is 746. The molecule has 0 bridgehead atoms. The lowest BCUT2D eigenvalue weighted by molar-refractivity contribution is 0.0826. The van der Waals surface area contributed by atoms with Gasteiger partial charge in [-0.2, -0.15) is 0 Å². The molecule has 2 heterocycles. The number of hydrogen-bond acceptors (Lipinski definition) is 3. The van der Waals surface area contributed by atoms with E-state index in [-0.39, 0.29) is 12.1 Å². The van der Waals surface area contributed by atoms with Gasteiger partial charge in [0.15, 0.2) is 0 Å². The van der Waals surface area contributed by atoms with Crippen LogP contribution in [0, 0.1) is 16.4 Å². The number of methoxy groups -OCH3 is 1. The monoisotopic (exact) mass is 421 g/mol. The Labute approximate surface area is 150 Å². The van der Waals surface area contributed by atoms with Gasteiger partial charge < -0.3 is 14.8 Å². The number of ether oxygens (including phenoxy) is 2. The molecule has 0 amide bonds. The first-order valence-corrected chi connectivity index (χ1v) is 9.07. The molecule has 23 heavy (non-hydrogen) atoms. The van der Waals surface area contributed by atoms with Crippen LogP contribution in [0.2, 0.25) is 0 Å². The third kappa shape index (κ3) is 2.62. The summed E-state index contributed by atoms with van der Waals surface area (Å²) in [4.78, 5) is 0. The molecular formula is C19H20INO2. The van der Waals surface area contributed by atoms with E-state index in [9.17, 15) is 0 Å². The van der Waals surface area contributed by atoms with E-state index in [1.165, 1.54) is 25.9 Å². The first-order chi connectivity index (χ1) is 11.2. The molecule has 0 unspecified atom stereocenters. The maximum atomic E-state index is 6.11. The summed E-state index contributed by atoms with van der Waals surface area (Å²) in [6.07, 6.45) is 1.25. The molecule has 3 nitrogen and oxygen atoms in total. The molecule has 0 aromatic heterocycles. The van der Waals surface area contributed by atoms with Gasteiger partial charge in [0.1, 0.15) is 5.75 Å². The van der Waals surface area contributed by atoms with E-state index in [2.05, 4.69) is 71.2 Å². The summed E-state index contributed by atoms with van der Waals surface area (Å²) in [6.45, 7) is 2.96. The van der Waals surface area contributed by atoms with Crippen LogP contribution in [0.25, 0.3) is 0 Å². The fourth-order valence-electron chi connectivity index (χ4n) is 3.85. The first-order valence-electron chi connectivity index (χ1n) is 7.99. The fourth-order valence-corrected chi connectivity index (χ4v) is 4.36. The Balaban J connectivity index is 1.82. The molecule has 4 heteroatoms.